The largest absolute Gasteiger partial charge is 0.311 e. The number of nitrogens with zero attached hydrogens (tertiary/aromatic N) is 4. The normalized spacial score (nSPS) is 11.5. The molecule has 0 bridgehead atoms. The van der Waals surface area contributed by atoms with Crippen molar-refractivity contribution in [2.45, 2.75) is 12.1 Å². The van der Waals surface area contributed by atoms with E-state index in [1.54, 1.807) is 0 Å². The topological polar surface area (TPSA) is 66.3 Å². The molecule has 0 unspecified atom stereocenters. The van der Waals surface area contributed by atoms with Crippen molar-refractivity contribution in [2.24, 2.45) is 0 Å². The lowest BCUT2D eigenvalue weighted by Crippen LogP contribution is -2.32. The van der Waals surface area contributed by atoms with Gasteiger partial charge in [0.2, 0.25) is 11.7 Å². The molecule has 0 radical (unpaired) electrons. The van der Waals surface area contributed by atoms with Gasteiger partial charge in [0.25, 0.3) is 0 Å². The molecule has 0 atom stereocenters. The van der Waals surface area contributed by atoms with Crippen LogP contribution in [-0.4, -0.2) is 37.8 Å². The highest BCUT2D eigenvalue weighted by Crippen LogP contribution is 2.28. The van der Waals surface area contributed by atoms with Gasteiger partial charge in [-0.05, 0) is 30.5 Å². The number of hydrogen-bond acceptors (Lipinski definition) is 4. The molecule has 5 aromatic rings. The highest BCUT2D eigenvalue weighted by Gasteiger charge is 2.19. The van der Waals surface area contributed by atoms with Crippen molar-refractivity contribution in [1.82, 2.24) is 19.6 Å². The second-order valence-corrected chi connectivity index (χ2v) is 7.63. The minimum Gasteiger partial charge on any atom is -0.311 e. The van der Waals surface area contributed by atoms with Crippen LogP contribution in [-0.2, 0) is 4.79 Å². The number of benzene rings is 3. The molecular formula is C22H19N5OS. The number of rotatable bonds is 5. The second-order valence-electron chi connectivity index (χ2n) is 6.69. The van der Waals surface area contributed by atoms with Crippen LogP contribution in [0.1, 0.15) is 6.92 Å². The first-order valence-electron chi connectivity index (χ1n) is 9.48. The van der Waals surface area contributed by atoms with Crippen LogP contribution in [0.5, 0.6) is 0 Å². The molecule has 0 fully saturated rings. The lowest BCUT2D eigenvalue weighted by Gasteiger charge is -2.22. The molecule has 7 heteroatoms. The summed E-state index contributed by atoms with van der Waals surface area (Å²) in [5.41, 5.74) is 2.82. The second kappa shape index (κ2) is 7.25. The van der Waals surface area contributed by atoms with E-state index in [9.17, 15) is 4.79 Å². The summed E-state index contributed by atoms with van der Waals surface area (Å²) in [6.07, 6.45) is 0. The van der Waals surface area contributed by atoms with E-state index in [4.69, 9.17) is 0 Å². The Balaban J connectivity index is 1.43. The van der Waals surface area contributed by atoms with E-state index in [2.05, 4.69) is 33.4 Å². The van der Waals surface area contributed by atoms with Crippen molar-refractivity contribution in [2.75, 3.05) is 17.2 Å². The molecular weight excluding hydrogens is 382 g/mol. The predicted octanol–water partition coefficient (Wildman–Crippen LogP) is 4.51. The van der Waals surface area contributed by atoms with Gasteiger partial charge in [-0.2, -0.15) is 0 Å². The monoisotopic (exact) mass is 401 g/mol. The molecule has 0 aliphatic carbocycles. The van der Waals surface area contributed by atoms with Crippen LogP contribution in [0, 0.1) is 0 Å². The standard InChI is InChI=1S/C22H19N5OS/c1-2-26(18-13-7-9-15-8-3-4-10-16(15)18)20(28)14-29-22-25-24-21-23-17-11-5-6-12-19(17)27(21)22/h3-13H,2,14H2,1H3,(H,23,24). The van der Waals surface area contributed by atoms with Crippen LogP contribution in [0.2, 0.25) is 0 Å². The van der Waals surface area contributed by atoms with Crippen LogP contribution in [0.25, 0.3) is 27.6 Å². The Kier molecular flexibility index (Phi) is 4.44. The van der Waals surface area contributed by atoms with Crippen LogP contribution < -0.4 is 4.90 Å². The van der Waals surface area contributed by atoms with E-state index in [-0.39, 0.29) is 5.91 Å². The third-order valence-corrected chi connectivity index (χ3v) is 5.93. The minimum absolute atomic E-state index is 0.0504. The number of carbonyl (C=O) groups is 1. The van der Waals surface area contributed by atoms with E-state index in [0.717, 1.165) is 32.6 Å². The fourth-order valence-electron chi connectivity index (χ4n) is 3.67. The lowest BCUT2D eigenvalue weighted by atomic mass is 10.1. The Hall–Kier alpha value is -3.32. The SMILES string of the molecule is CCN(C(=O)CSc1n[nH]c2nc3ccccc3n12)c1cccc2ccccc12. The van der Waals surface area contributed by atoms with Gasteiger partial charge in [-0.15, -0.1) is 5.10 Å². The number of thioether (sulfide) groups is 1. The Morgan fingerprint density at radius 2 is 1.86 bits per heavy atom. The number of amides is 1. The summed E-state index contributed by atoms with van der Waals surface area (Å²) < 4.78 is 1.96. The molecule has 0 saturated carbocycles. The highest BCUT2D eigenvalue weighted by molar-refractivity contribution is 7.99. The summed E-state index contributed by atoms with van der Waals surface area (Å²) in [6.45, 7) is 2.61. The number of H-pyrrole nitrogens is 1. The zero-order chi connectivity index (χ0) is 19.8. The average Bonchev–Trinajstić information content (AvgIpc) is 3.32. The minimum atomic E-state index is 0.0504. The smallest absolute Gasteiger partial charge is 0.237 e. The first-order chi connectivity index (χ1) is 14.3. The molecule has 2 heterocycles. The van der Waals surface area contributed by atoms with Gasteiger partial charge in [-0.25, -0.2) is 10.1 Å². The number of aromatic amines is 1. The zero-order valence-electron chi connectivity index (χ0n) is 15.9. The summed E-state index contributed by atoms with van der Waals surface area (Å²) in [6, 6.07) is 22.1. The van der Waals surface area contributed by atoms with Gasteiger partial charge in [0.15, 0.2) is 5.16 Å². The number of aromatic nitrogens is 4. The van der Waals surface area contributed by atoms with Crippen molar-refractivity contribution in [3.05, 3.63) is 66.7 Å². The maximum Gasteiger partial charge on any atom is 0.237 e. The third kappa shape index (κ3) is 3.03. The van der Waals surface area contributed by atoms with E-state index in [1.807, 2.05) is 64.8 Å². The number of hydrogen-bond donors (Lipinski definition) is 1. The fraction of sp³-hybridized carbons (Fsp3) is 0.136. The molecule has 3 aromatic carbocycles. The molecule has 1 amide bonds. The number of carbonyl (C=O) groups excluding carboxylic acids is 1. The van der Waals surface area contributed by atoms with Crippen molar-refractivity contribution >= 4 is 50.9 Å². The quantitative estimate of drug-likeness (QED) is 0.440. The molecule has 6 nitrogen and oxygen atoms in total. The first-order valence-corrected chi connectivity index (χ1v) is 10.5. The molecule has 1 N–H and O–H groups in total. The van der Waals surface area contributed by atoms with Gasteiger partial charge < -0.3 is 4.90 Å². The van der Waals surface area contributed by atoms with E-state index >= 15 is 0 Å². The van der Waals surface area contributed by atoms with E-state index < -0.39 is 0 Å². The Labute approximate surface area is 171 Å². The number of fused-ring (bicyclic) bond motifs is 4. The maximum absolute atomic E-state index is 13.1. The summed E-state index contributed by atoms with van der Waals surface area (Å²) in [5.74, 6) is 1.03. The van der Waals surface area contributed by atoms with Gasteiger partial charge in [0, 0.05) is 11.9 Å². The zero-order valence-corrected chi connectivity index (χ0v) is 16.7. The van der Waals surface area contributed by atoms with Crippen LogP contribution >= 0.6 is 11.8 Å². The fourth-order valence-corrected chi connectivity index (χ4v) is 4.50. The molecule has 0 aliphatic rings. The summed E-state index contributed by atoms with van der Waals surface area (Å²) in [4.78, 5) is 19.5. The first kappa shape index (κ1) is 17.8. The molecule has 0 spiro atoms. The van der Waals surface area contributed by atoms with E-state index in [0.29, 0.717) is 18.1 Å². The number of para-hydroxylation sites is 2. The van der Waals surface area contributed by atoms with Gasteiger partial charge in [-0.3, -0.25) is 9.20 Å². The van der Waals surface area contributed by atoms with Crippen LogP contribution in [0.3, 0.4) is 0 Å². The molecule has 5 rings (SSSR count). The van der Waals surface area contributed by atoms with Gasteiger partial charge >= 0.3 is 0 Å². The van der Waals surface area contributed by atoms with Crippen LogP contribution in [0.4, 0.5) is 5.69 Å². The molecule has 0 saturated heterocycles. The van der Waals surface area contributed by atoms with Crippen molar-refractivity contribution < 1.29 is 4.79 Å². The third-order valence-electron chi connectivity index (χ3n) is 5.00. The highest BCUT2D eigenvalue weighted by atomic mass is 32.2. The number of imidazole rings is 1. The van der Waals surface area contributed by atoms with Crippen LogP contribution in [0.15, 0.2) is 71.9 Å². The Morgan fingerprint density at radius 1 is 1.07 bits per heavy atom. The maximum atomic E-state index is 13.1. The molecule has 0 aliphatic heterocycles. The van der Waals surface area contributed by atoms with Gasteiger partial charge in [0.05, 0.1) is 22.5 Å². The summed E-state index contributed by atoms with van der Waals surface area (Å²) in [5, 5.41) is 10.3. The van der Waals surface area contributed by atoms with Crippen molar-refractivity contribution in [3.63, 3.8) is 0 Å². The summed E-state index contributed by atoms with van der Waals surface area (Å²) >= 11 is 1.42. The van der Waals surface area contributed by atoms with Crippen molar-refractivity contribution in [3.8, 4) is 0 Å². The summed E-state index contributed by atoms with van der Waals surface area (Å²) in [7, 11) is 0. The van der Waals surface area contributed by atoms with Gasteiger partial charge in [-0.1, -0.05) is 60.3 Å². The number of nitrogens with one attached hydrogen (secondary N) is 1. The van der Waals surface area contributed by atoms with E-state index in [1.165, 1.54) is 11.8 Å². The Morgan fingerprint density at radius 3 is 2.76 bits per heavy atom. The molecule has 2 aromatic heterocycles. The lowest BCUT2D eigenvalue weighted by molar-refractivity contribution is -0.116. The predicted molar refractivity (Wildman–Crippen MR) is 118 cm³/mol. The number of anilines is 1. The van der Waals surface area contributed by atoms with Crippen molar-refractivity contribution in [1.29, 1.82) is 0 Å². The molecule has 144 valence electrons. The molecule has 29 heavy (non-hydrogen) atoms. The Bertz CT molecular complexity index is 1330. The average molecular weight is 401 g/mol. The van der Waals surface area contributed by atoms with Gasteiger partial charge in [0.1, 0.15) is 0 Å².